The van der Waals surface area contributed by atoms with Gasteiger partial charge in [-0.3, -0.25) is 20.4 Å². The van der Waals surface area contributed by atoms with Gasteiger partial charge in [0.05, 0.1) is 32.4 Å². The molecule has 7 nitrogen and oxygen atoms in total. The molecule has 1 aliphatic heterocycles. The Kier molecular flexibility index (Phi) is 5.35. The Morgan fingerprint density at radius 2 is 1.88 bits per heavy atom. The van der Waals surface area contributed by atoms with Crippen molar-refractivity contribution in [1.29, 1.82) is 0 Å². The summed E-state index contributed by atoms with van der Waals surface area (Å²) in [5.74, 6) is -0.503. The van der Waals surface area contributed by atoms with Crippen molar-refractivity contribution >= 4 is 17.5 Å². The van der Waals surface area contributed by atoms with E-state index in [9.17, 15) is 9.59 Å². The molecule has 0 aliphatic carbocycles. The molecule has 2 heterocycles. The molecule has 0 bridgehead atoms. The summed E-state index contributed by atoms with van der Waals surface area (Å²) in [5, 5.41) is 0. The molecule has 3 rings (SSSR count). The first-order chi connectivity index (χ1) is 12.1. The number of hydrogen-bond acceptors (Lipinski definition) is 4. The van der Waals surface area contributed by atoms with Gasteiger partial charge in [-0.1, -0.05) is 18.2 Å². The molecule has 7 heteroatoms. The van der Waals surface area contributed by atoms with Crippen LogP contribution in [0.25, 0.3) is 0 Å². The van der Waals surface area contributed by atoms with E-state index < -0.39 is 5.91 Å². The van der Waals surface area contributed by atoms with Crippen molar-refractivity contribution in [3.63, 3.8) is 0 Å². The van der Waals surface area contributed by atoms with E-state index in [2.05, 4.69) is 40.9 Å². The molecule has 1 aromatic heterocycles. The van der Waals surface area contributed by atoms with E-state index in [0.29, 0.717) is 6.54 Å². The van der Waals surface area contributed by atoms with Crippen molar-refractivity contribution in [3.05, 3.63) is 54.0 Å². The van der Waals surface area contributed by atoms with Gasteiger partial charge in [0.1, 0.15) is 0 Å². The molecule has 3 N–H and O–H groups in total. The highest BCUT2D eigenvalue weighted by Crippen LogP contribution is 2.18. The summed E-state index contributed by atoms with van der Waals surface area (Å²) in [6.45, 7) is 6.03. The van der Waals surface area contributed by atoms with Gasteiger partial charge in [-0.25, -0.2) is 0 Å². The number of carbonyl (C=O) groups excluding carboxylic acids is 2. The van der Waals surface area contributed by atoms with E-state index in [-0.39, 0.29) is 11.7 Å². The smallest absolute Gasteiger partial charge is 0.305 e. The van der Waals surface area contributed by atoms with Crippen LogP contribution < -0.4 is 20.7 Å². The van der Waals surface area contributed by atoms with Crippen molar-refractivity contribution in [2.75, 3.05) is 37.6 Å². The number of anilines is 1. The van der Waals surface area contributed by atoms with Crippen LogP contribution in [0.4, 0.5) is 5.69 Å². The molecule has 0 spiro atoms. The molecule has 1 fully saturated rings. The average Bonchev–Trinajstić information content (AvgIpc) is 3.16. The number of para-hydroxylation sites is 1. The number of hydrogen-bond donors (Lipinski definition) is 3. The van der Waals surface area contributed by atoms with Crippen LogP contribution in [0.2, 0.25) is 0 Å². The van der Waals surface area contributed by atoms with Crippen molar-refractivity contribution < 1.29 is 18.9 Å². The lowest BCUT2D eigenvalue weighted by molar-refractivity contribution is -0.892. The summed E-state index contributed by atoms with van der Waals surface area (Å²) in [5.41, 5.74) is 7.33. The van der Waals surface area contributed by atoms with E-state index in [1.807, 2.05) is 6.07 Å². The largest absolute Gasteiger partial charge is 0.459 e. The van der Waals surface area contributed by atoms with Crippen LogP contribution in [0, 0.1) is 6.92 Å². The van der Waals surface area contributed by atoms with Gasteiger partial charge in [-0.2, -0.15) is 0 Å². The normalized spacial score (nSPS) is 15.0. The molecule has 0 unspecified atom stereocenters. The highest BCUT2D eigenvalue weighted by atomic mass is 16.3. The van der Waals surface area contributed by atoms with E-state index in [0.717, 1.165) is 26.2 Å². The first-order valence-electron chi connectivity index (χ1n) is 8.40. The Morgan fingerprint density at radius 1 is 1.12 bits per heavy atom. The number of nitrogens with one attached hydrogen (secondary N) is 3. The summed E-state index contributed by atoms with van der Waals surface area (Å²) in [6, 6.07) is 11.5. The number of carbonyl (C=O) groups is 2. The molecule has 2 aromatic rings. The van der Waals surface area contributed by atoms with E-state index in [1.54, 1.807) is 6.07 Å². The van der Waals surface area contributed by atoms with E-state index >= 15 is 0 Å². The zero-order chi connectivity index (χ0) is 17.6. The maximum absolute atomic E-state index is 12.0. The average molecular weight is 343 g/mol. The summed E-state index contributed by atoms with van der Waals surface area (Å²) in [4.78, 5) is 27.3. The fourth-order valence-corrected chi connectivity index (χ4v) is 3.03. The van der Waals surface area contributed by atoms with E-state index in [4.69, 9.17) is 4.42 Å². The number of quaternary nitrogens is 1. The second kappa shape index (κ2) is 7.85. The van der Waals surface area contributed by atoms with Gasteiger partial charge in [-0.05, 0) is 30.7 Å². The molecular formula is C18H23N4O3+. The summed E-state index contributed by atoms with van der Waals surface area (Å²) in [7, 11) is 0. The first kappa shape index (κ1) is 17.0. The topological polar surface area (TPSA) is 79.0 Å². The van der Waals surface area contributed by atoms with Crippen molar-refractivity contribution in [2.45, 2.75) is 6.92 Å². The summed E-state index contributed by atoms with van der Waals surface area (Å²) < 4.78 is 4.97. The van der Waals surface area contributed by atoms with Crippen LogP contribution in [0.5, 0.6) is 0 Å². The zero-order valence-corrected chi connectivity index (χ0v) is 14.2. The number of nitrogens with zero attached hydrogens (tertiary/aromatic N) is 1. The van der Waals surface area contributed by atoms with Gasteiger partial charge in [-0.15, -0.1) is 0 Å². The van der Waals surface area contributed by atoms with Crippen molar-refractivity contribution in [2.24, 2.45) is 0 Å². The maximum atomic E-state index is 12.0. The monoisotopic (exact) mass is 343 g/mol. The second-order valence-corrected chi connectivity index (χ2v) is 6.18. The molecule has 0 radical (unpaired) electrons. The van der Waals surface area contributed by atoms with Crippen LogP contribution in [0.1, 0.15) is 16.1 Å². The SMILES string of the molecule is Cc1ccccc1N1CC[NH+](CC(=O)NNC(=O)c2ccco2)CC1. The minimum atomic E-state index is -0.460. The van der Waals surface area contributed by atoms with Crippen LogP contribution in [-0.2, 0) is 4.79 Å². The van der Waals surface area contributed by atoms with Gasteiger partial charge in [0.2, 0.25) is 0 Å². The highest BCUT2D eigenvalue weighted by molar-refractivity contribution is 5.92. The third kappa shape index (κ3) is 4.39. The van der Waals surface area contributed by atoms with Gasteiger partial charge < -0.3 is 14.2 Å². The molecule has 25 heavy (non-hydrogen) atoms. The lowest BCUT2D eigenvalue weighted by atomic mass is 10.1. The lowest BCUT2D eigenvalue weighted by Gasteiger charge is -2.34. The number of piperazine rings is 1. The van der Waals surface area contributed by atoms with Gasteiger partial charge in [0, 0.05) is 5.69 Å². The number of rotatable bonds is 4. The number of benzene rings is 1. The Bertz CT molecular complexity index is 722. The first-order valence-corrected chi connectivity index (χ1v) is 8.40. The summed E-state index contributed by atoms with van der Waals surface area (Å²) in [6.07, 6.45) is 1.41. The van der Waals surface area contributed by atoms with Crippen molar-refractivity contribution in [1.82, 2.24) is 10.9 Å². The molecule has 1 aromatic carbocycles. The predicted molar refractivity (Wildman–Crippen MR) is 93.3 cm³/mol. The molecule has 1 saturated heterocycles. The lowest BCUT2D eigenvalue weighted by Crippen LogP contribution is -3.16. The third-order valence-electron chi connectivity index (χ3n) is 4.40. The number of furan rings is 1. The zero-order valence-electron chi connectivity index (χ0n) is 14.2. The van der Waals surface area contributed by atoms with Crippen LogP contribution >= 0.6 is 0 Å². The number of hydrazine groups is 1. The molecule has 0 saturated carbocycles. The molecule has 0 atom stereocenters. The molecule has 1 aliphatic rings. The van der Waals surface area contributed by atoms with Gasteiger partial charge in [0.15, 0.2) is 12.3 Å². The number of amides is 2. The van der Waals surface area contributed by atoms with Crippen LogP contribution in [-0.4, -0.2) is 44.5 Å². The van der Waals surface area contributed by atoms with E-state index in [1.165, 1.54) is 28.5 Å². The van der Waals surface area contributed by atoms with Crippen molar-refractivity contribution in [3.8, 4) is 0 Å². The number of aryl methyl sites for hydroxylation is 1. The minimum absolute atomic E-state index is 0.166. The Labute approximate surface area is 146 Å². The molecule has 2 amide bonds. The molecule has 132 valence electrons. The van der Waals surface area contributed by atoms with Gasteiger partial charge in [0.25, 0.3) is 5.91 Å². The predicted octanol–water partition coefficient (Wildman–Crippen LogP) is -0.246. The fourth-order valence-electron chi connectivity index (χ4n) is 3.03. The van der Waals surface area contributed by atoms with Crippen LogP contribution in [0.3, 0.4) is 0 Å². The minimum Gasteiger partial charge on any atom is -0.459 e. The Hall–Kier alpha value is -2.80. The maximum Gasteiger partial charge on any atom is 0.305 e. The quantitative estimate of drug-likeness (QED) is 0.669. The summed E-state index contributed by atoms with van der Waals surface area (Å²) >= 11 is 0. The van der Waals surface area contributed by atoms with Gasteiger partial charge >= 0.3 is 5.91 Å². The second-order valence-electron chi connectivity index (χ2n) is 6.18. The molecular weight excluding hydrogens is 320 g/mol. The Morgan fingerprint density at radius 3 is 2.56 bits per heavy atom. The standard InChI is InChI=1S/C18H22N4O3/c1-14-5-2-3-6-15(14)22-10-8-21(9-11-22)13-17(23)19-20-18(24)16-7-4-12-25-16/h2-7,12H,8-11,13H2,1H3,(H,19,23)(H,20,24)/p+1. The fraction of sp³-hybridized carbons (Fsp3) is 0.333. The highest BCUT2D eigenvalue weighted by Gasteiger charge is 2.23. The van der Waals surface area contributed by atoms with Crippen LogP contribution in [0.15, 0.2) is 47.1 Å². The third-order valence-corrected chi connectivity index (χ3v) is 4.40. The Balaban J connectivity index is 1.42.